The normalized spacial score (nSPS) is 22.2. The van der Waals surface area contributed by atoms with Crippen LogP contribution in [-0.2, 0) is 32.7 Å². The number of phosphoric acid groups is 1. The van der Waals surface area contributed by atoms with E-state index in [4.69, 9.17) is 28.3 Å². The summed E-state index contributed by atoms with van der Waals surface area (Å²) in [4.78, 5) is 24.0. The molecule has 180 valence electrons. The highest BCUT2D eigenvalue weighted by molar-refractivity contribution is 8.13. The summed E-state index contributed by atoms with van der Waals surface area (Å²) in [6.07, 6.45) is -2.18. The Balaban J connectivity index is 2.05. The van der Waals surface area contributed by atoms with Crippen molar-refractivity contribution >= 4 is 30.6 Å². The van der Waals surface area contributed by atoms with Gasteiger partial charge in [-0.15, -0.1) is 0 Å². The number of para-hydroxylation sites is 1. The summed E-state index contributed by atoms with van der Waals surface area (Å²) in [5, 5.41) is 8.91. The molecule has 10 nitrogen and oxygen atoms in total. The van der Waals surface area contributed by atoms with E-state index in [1.807, 2.05) is 0 Å². The number of carbonyl (C=O) groups excluding carboxylic acids is 2. The molecule has 3 atom stereocenters. The van der Waals surface area contributed by atoms with Gasteiger partial charge in [-0.3, -0.25) is 23.8 Å². The molecule has 1 aromatic carbocycles. The van der Waals surface area contributed by atoms with Gasteiger partial charge >= 0.3 is 7.82 Å². The van der Waals surface area contributed by atoms with Crippen LogP contribution in [0.4, 0.5) is 0 Å². The fourth-order valence-electron chi connectivity index (χ4n) is 2.61. The first-order chi connectivity index (χ1) is 14.9. The Morgan fingerprint density at radius 1 is 1.19 bits per heavy atom. The van der Waals surface area contributed by atoms with E-state index in [1.165, 1.54) is 5.48 Å². The maximum absolute atomic E-state index is 13.3. The lowest BCUT2D eigenvalue weighted by molar-refractivity contribution is -0.160. The number of hydroxylamine groups is 1. The average molecular weight is 491 g/mol. The van der Waals surface area contributed by atoms with E-state index in [0.29, 0.717) is 0 Å². The lowest BCUT2D eigenvalue weighted by Crippen LogP contribution is -2.41. The van der Waals surface area contributed by atoms with E-state index in [-0.39, 0.29) is 29.8 Å². The lowest BCUT2D eigenvalue weighted by Gasteiger charge is -2.22. The third-order valence-corrected chi connectivity index (χ3v) is 6.73. The molecule has 12 heteroatoms. The van der Waals surface area contributed by atoms with E-state index >= 15 is 0 Å². The Morgan fingerprint density at radius 3 is 2.44 bits per heavy atom. The minimum absolute atomic E-state index is 0.0302. The SMILES string of the molecule is CC1(C)O[C@H](COP(=O)(OCCSC(=O)C(C)(C)C)Oc2ccccc2)[C@H](C(=O)NO)O1. The number of hydrogen-bond donors (Lipinski definition) is 2. The van der Waals surface area contributed by atoms with E-state index in [9.17, 15) is 14.2 Å². The second kappa shape index (κ2) is 11.1. The molecule has 1 amide bonds. The van der Waals surface area contributed by atoms with Crippen molar-refractivity contribution in [3.63, 3.8) is 0 Å². The predicted octanol–water partition coefficient (Wildman–Crippen LogP) is 3.54. The van der Waals surface area contributed by atoms with E-state index in [0.717, 1.165) is 11.8 Å². The Bertz CT molecular complexity index is 828. The molecule has 2 N–H and O–H groups in total. The molecule has 0 spiro atoms. The van der Waals surface area contributed by atoms with Crippen LogP contribution in [0.1, 0.15) is 34.6 Å². The highest BCUT2D eigenvalue weighted by Gasteiger charge is 2.46. The van der Waals surface area contributed by atoms with Crippen LogP contribution in [0.3, 0.4) is 0 Å². The fraction of sp³-hybridized carbons (Fsp3) is 0.600. The van der Waals surface area contributed by atoms with Gasteiger partial charge in [-0.25, -0.2) is 10.0 Å². The Hall–Kier alpha value is -1.46. The molecule has 32 heavy (non-hydrogen) atoms. The largest absolute Gasteiger partial charge is 0.530 e. The van der Waals surface area contributed by atoms with Crippen LogP contribution in [-0.4, -0.2) is 53.2 Å². The molecule has 1 aromatic rings. The molecular formula is C20H30NO9PS. The molecule has 1 fully saturated rings. The van der Waals surface area contributed by atoms with Crippen LogP contribution < -0.4 is 10.0 Å². The summed E-state index contributed by atoms with van der Waals surface area (Å²) in [5.41, 5.74) is 0.997. The number of benzene rings is 1. The summed E-state index contributed by atoms with van der Waals surface area (Å²) < 4.78 is 40.7. The maximum atomic E-state index is 13.3. The van der Waals surface area contributed by atoms with Crippen molar-refractivity contribution in [2.24, 2.45) is 5.41 Å². The van der Waals surface area contributed by atoms with Gasteiger partial charge < -0.3 is 14.0 Å². The molecule has 0 aliphatic carbocycles. The van der Waals surface area contributed by atoms with Crippen molar-refractivity contribution in [1.82, 2.24) is 5.48 Å². The monoisotopic (exact) mass is 491 g/mol. The quantitative estimate of drug-likeness (QED) is 0.217. The van der Waals surface area contributed by atoms with Crippen molar-refractivity contribution in [3.05, 3.63) is 30.3 Å². The Kier molecular flexibility index (Phi) is 9.30. The van der Waals surface area contributed by atoms with E-state index in [2.05, 4.69) is 0 Å². The highest BCUT2D eigenvalue weighted by Crippen LogP contribution is 2.50. The molecule has 1 aliphatic rings. The smallest absolute Gasteiger partial charge is 0.404 e. The van der Waals surface area contributed by atoms with Crippen LogP contribution in [0, 0.1) is 5.41 Å². The van der Waals surface area contributed by atoms with E-state index in [1.54, 1.807) is 65.0 Å². The van der Waals surface area contributed by atoms with Gasteiger partial charge in [0.1, 0.15) is 11.9 Å². The third-order valence-electron chi connectivity index (χ3n) is 4.09. The minimum atomic E-state index is -4.16. The van der Waals surface area contributed by atoms with Crippen molar-refractivity contribution in [2.45, 2.75) is 52.6 Å². The number of amides is 1. The predicted molar refractivity (Wildman–Crippen MR) is 117 cm³/mol. The molecule has 1 saturated heterocycles. The van der Waals surface area contributed by atoms with Gasteiger partial charge in [0.05, 0.1) is 13.2 Å². The number of ether oxygens (including phenoxy) is 2. The van der Waals surface area contributed by atoms with Gasteiger partial charge in [0.25, 0.3) is 5.91 Å². The van der Waals surface area contributed by atoms with Crippen LogP contribution in [0.15, 0.2) is 30.3 Å². The van der Waals surface area contributed by atoms with Gasteiger partial charge in [-0.05, 0) is 26.0 Å². The number of rotatable bonds is 10. The van der Waals surface area contributed by atoms with Gasteiger partial charge in [0.15, 0.2) is 17.0 Å². The van der Waals surface area contributed by atoms with Crippen molar-refractivity contribution < 1.29 is 42.4 Å². The first-order valence-corrected chi connectivity index (χ1v) is 12.4. The van der Waals surface area contributed by atoms with Crippen LogP contribution in [0.5, 0.6) is 5.75 Å². The standard InChI is InChI=1S/C20H30NO9PS/c1-19(2,3)18(23)32-12-11-26-31(25,30-14-9-7-6-8-10-14)27-13-15-16(17(22)21-24)29-20(4,5)28-15/h6-10,15-16,24H,11-13H2,1-5H3,(H,21,22)/t15-,16-,31?/m1/s1. The Morgan fingerprint density at radius 2 is 1.84 bits per heavy atom. The summed E-state index contributed by atoms with van der Waals surface area (Å²) in [7, 11) is -4.16. The fourth-order valence-corrected chi connectivity index (χ4v) is 4.72. The van der Waals surface area contributed by atoms with Crippen LogP contribution in [0.25, 0.3) is 0 Å². The lowest BCUT2D eigenvalue weighted by atomic mass is 10.00. The topological polar surface area (TPSA) is 130 Å². The second-order valence-electron chi connectivity index (χ2n) is 8.44. The van der Waals surface area contributed by atoms with Crippen molar-refractivity contribution in [1.29, 1.82) is 0 Å². The minimum Gasteiger partial charge on any atom is -0.404 e. The molecule has 0 bridgehead atoms. The van der Waals surface area contributed by atoms with Gasteiger partial charge in [0, 0.05) is 11.2 Å². The first-order valence-electron chi connectivity index (χ1n) is 9.96. The zero-order valence-electron chi connectivity index (χ0n) is 18.7. The number of phosphoric ester groups is 1. The molecule has 1 heterocycles. The Labute approximate surface area is 191 Å². The average Bonchev–Trinajstić information content (AvgIpc) is 3.03. The molecule has 2 rings (SSSR count). The molecule has 0 aromatic heterocycles. The van der Waals surface area contributed by atoms with Gasteiger partial charge in [-0.2, -0.15) is 0 Å². The highest BCUT2D eigenvalue weighted by atomic mass is 32.2. The molecule has 1 aliphatic heterocycles. The summed E-state index contributed by atoms with van der Waals surface area (Å²) in [5.74, 6) is -1.46. The number of hydrogen-bond acceptors (Lipinski definition) is 10. The van der Waals surface area contributed by atoms with Gasteiger partial charge in [-0.1, -0.05) is 50.7 Å². The van der Waals surface area contributed by atoms with Crippen molar-refractivity contribution in [3.8, 4) is 5.75 Å². The van der Waals surface area contributed by atoms with Crippen LogP contribution >= 0.6 is 19.6 Å². The summed E-state index contributed by atoms with van der Waals surface area (Å²) in [6, 6.07) is 8.30. The number of nitrogens with one attached hydrogen (secondary N) is 1. The first kappa shape index (κ1) is 26.8. The summed E-state index contributed by atoms with van der Waals surface area (Å²) in [6.45, 7) is 8.14. The zero-order chi connectivity index (χ0) is 24.0. The van der Waals surface area contributed by atoms with E-state index < -0.39 is 37.1 Å². The third kappa shape index (κ3) is 8.15. The molecule has 0 saturated carbocycles. The second-order valence-corrected chi connectivity index (χ2v) is 11.1. The number of thioether (sulfide) groups is 1. The van der Waals surface area contributed by atoms with Gasteiger partial charge in [0.2, 0.25) is 0 Å². The summed E-state index contributed by atoms with van der Waals surface area (Å²) >= 11 is 1.06. The van der Waals surface area contributed by atoms with Crippen molar-refractivity contribution in [2.75, 3.05) is 19.0 Å². The molecule has 1 unspecified atom stereocenters. The molecule has 0 radical (unpaired) electrons. The maximum Gasteiger partial charge on any atom is 0.530 e. The number of carbonyl (C=O) groups is 2. The molecular weight excluding hydrogens is 461 g/mol. The zero-order valence-corrected chi connectivity index (χ0v) is 20.4. The van der Waals surface area contributed by atoms with Crippen LogP contribution in [0.2, 0.25) is 0 Å².